The predicted octanol–water partition coefficient (Wildman–Crippen LogP) is 5.85. The van der Waals surface area contributed by atoms with Crippen LogP contribution < -0.4 is 4.74 Å². The van der Waals surface area contributed by atoms with E-state index < -0.39 is 5.60 Å². The minimum Gasteiger partial charge on any atom is -0.506 e. The van der Waals surface area contributed by atoms with Crippen molar-refractivity contribution in [3.05, 3.63) is 40.5 Å². The van der Waals surface area contributed by atoms with Gasteiger partial charge in [0, 0.05) is 0 Å². The predicted molar refractivity (Wildman–Crippen MR) is 103 cm³/mol. The molecular weight excluding hydrogens is 312 g/mol. The lowest BCUT2D eigenvalue weighted by Gasteiger charge is -2.32. The molecule has 0 fully saturated rings. The second-order valence-electron chi connectivity index (χ2n) is 7.35. The molecule has 1 aromatic carbocycles. The number of benzene rings is 1. The van der Waals surface area contributed by atoms with Gasteiger partial charge in [0.25, 0.3) is 0 Å². The first-order valence-electron chi connectivity index (χ1n) is 9.26. The van der Waals surface area contributed by atoms with E-state index in [4.69, 9.17) is 4.74 Å². The standard InChI is InChI=1S/C22H30O3/c1-5-6-7-10-17-14-20-18(21(24)19(17)15-23)11-13-22(4,25-20)12-8-9-16(2)3/h9,11,13-15,24H,5-8,10,12H2,1-4H3/t22-/m1/s1. The number of hydrogen-bond donors (Lipinski definition) is 1. The molecule has 1 heterocycles. The van der Waals surface area contributed by atoms with E-state index in [1.165, 1.54) is 5.57 Å². The fourth-order valence-corrected chi connectivity index (χ4v) is 3.20. The Morgan fingerprint density at radius 1 is 1.32 bits per heavy atom. The van der Waals surface area contributed by atoms with Crippen LogP contribution in [0.2, 0.25) is 0 Å². The first-order valence-corrected chi connectivity index (χ1v) is 9.26. The van der Waals surface area contributed by atoms with Crippen LogP contribution in [0.1, 0.15) is 81.3 Å². The number of aromatic hydroxyl groups is 1. The van der Waals surface area contributed by atoms with E-state index in [0.717, 1.165) is 50.4 Å². The summed E-state index contributed by atoms with van der Waals surface area (Å²) in [4.78, 5) is 11.5. The summed E-state index contributed by atoms with van der Waals surface area (Å²) in [6.45, 7) is 8.40. The fraction of sp³-hybridized carbons (Fsp3) is 0.500. The summed E-state index contributed by atoms with van der Waals surface area (Å²) in [5.41, 5.74) is 2.79. The maximum Gasteiger partial charge on any atom is 0.154 e. The number of rotatable bonds is 8. The highest BCUT2D eigenvalue weighted by atomic mass is 16.5. The molecule has 0 aliphatic carbocycles. The molecule has 25 heavy (non-hydrogen) atoms. The summed E-state index contributed by atoms with van der Waals surface area (Å²) in [5.74, 6) is 0.721. The quantitative estimate of drug-likeness (QED) is 0.366. The van der Waals surface area contributed by atoms with Crippen LogP contribution in [0.4, 0.5) is 0 Å². The summed E-state index contributed by atoms with van der Waals surface area (Å²) in [5, 5.41) is 10.5. The third-order valence-electron chi connectivity index (χ3n) is 4.73. The van der Waals surface area contributed by atoms with Gasteiger partial charge in [0.05, 0.1) is 11.1 Å². The molecule has 0 aromatic heterocycles. The van der Waals surface area contributed by atoms with Gasteiger partial charge in [-0.05, 0) is 70.2 Å². The molecule has 2 rings (SSSR count). The molecule has 0 amide bonds. The van der Waals surface area contributed by atoms with Crippen molar-refractivity contribution in [1.82, 2.24) is 0 Å². The summed E-state index contributed by atoms with van der Waals surface area (Å²) in [7, 11) is 0. The Morgan fingerprint density at radius 3 is 2.72 bits per heavy atom. The fourth-order valence-electron chi connectivity index (χ4n) is 3.20. The monoisotopic (exact) mass is 342 g/mol. The van der Waals surface area contributed by atoms with Gasteiger partial charge in [-0.1, -0.05) is 31.4 Å². The van der Waals surface area contributed by atoms with Crippen molar-refractivity contribution in [2.24, 2.45) is 0 Å². The zero-order valence-corrected chi connectivity index (χ0v) is 15.9. The number of fused-ring (bicyclic) bond motifs is 1. The highest BCUT2D eigenvalue weighted by molar-refractivity contribution is 5.86. The Balaban J connectivity index is 2.28. The normalized spacial score (nSPS) is 18.4. The zero-order chi connectivity index (χ0) is 18.4. The van der Waals surface area contributed by atoms with Crippen molar-refractivity contribution >= 4 is 12.4 Å². The highest BCUT2D eigenvalue weighted by Gasteiger charge is 2.29. The van der Waals surface area contributed by atoms with Gasteiger partial charge in [-0.25, -0.2) is 0 Å². The largest absolute Gasteiger partial charge is 0.506 e. The molecule has 0 spiro atoms. The lowest BCUT2D eigenvalue weighted by molar-refractivity contribution is 0.111. The minimum atomic E-state index is -0.394. The Bertz CT molecular complexity index is 681. The van der Waals surface area contributed by atoms with Crippen LogP contribution in [0, 0.1) is 0 Å². The summed E-state index contributed by atoms with van der Waals surface area (Å²) in [6.07, 6.45) is 12.7. The van der Waals surface area contributed by atoms with Gasteiger partial charge in [-0.3, -0.25) is 4.79 Å². The molecule has 1 aromatic rings. The van der Waals surface area contributed by atoms with Crippen molar-refractivity contribution < 1.29 is 14.6 Å². The van der Waals surface area contributed by atoms with Crippen LogP contribution >= 0.6 is 0 Å². The molecule has 0 bridgehead atoms. The first kappa shape index (κ1) is 19.3. The topological polar surface area (TPSA) is 46.5 Å². The zero-order valence-electron chi connectivity index (χ0n) is 15.9. The van der Waals surface area contributed by atoms with Gasteiger partial charge in [-0.2, -0.15) is 0 Å². The number of ether oxygens (including phenoxy) is 1. The van der Waals surface area contributed by atoms with E-state index in [9.17, 15) is 9.90 Å². The van der Waals surface area contributed by atoms with E-state index in [0.29, 0.717) is 16.9 Å². The minimum absolute atomic E-state index is 0.0431. The number of carbonyl (C=O) groups excluding carboxylic acids is 1. The van der Waals surface area contributed by atoms with Crippen LogP contribution in [0.3, 0.4) is 0 Å². The number of hydrogen-bond acceptors (Lipinski definition) is 3. The SMILES string of the molecule is CCCCCc1cc2c(c(O)c1C=O)C=C[C@@](C)(CCC=C(C)C)O2. The number of phenolic OH excluding ortho intramolecular Hbond substituents is 1. The summed E-state index contributed by atoms with van der Waals surface area (Å²) in [6, 6.07) is 1.94. The van der Waals surface area contributed by atoms with E-state index >= 15 is 0 Å². The molecule has 3 heteroatoms. The molecule has 1 aliphatic heterocycles. The molecule has 3 nitrogen and oxygen atoms in total. The van der Waals surface area contributed by atoms with Crippen molar-refractivity contribution in [1.29, 1.82) is 0 Å². The molecule has 0 saturated heterocycles. The number of allylic oxidation sites excluding steroid dienone is 2. The van der Waals surface area contributed by atoms with Gasteiger partial charge in [0.15, 0.2) is 6.29 Å². The molecule has 136 valence electrons. The maximum absolute atomic E-state index is 11.5. The van der Waals surface area contributed by atoms with Crippen molar-refractivity contribution in [3.8, 4) is 11.5 Å². The average molecular weight is 342 g/mol. The van der Waals surface area contributed by atoms with Crippen molar-refractivity contribution in [2.75, 3.05) is 0 Å². The lowest BCUT2D eigenvalue weighted by atomic mass is 9.91. The summed E-state index contributed by atoms with van der Waals surface area (Å²) < 4.78 is 6.24. The van der Waals surface area contributed by atoms with E-state index in [1.807, 2.05) is 18.2 Å². The van der Waals surface area contributed by atoms with Crippen molar-refractivity contribution in [3.63, 3.8) is 0 Å². The molecule has 0 radical (unpaired) electrons. The molecule has 1 N–H and O–H groups in total. The number of aryl methyl sites for hydroxylation is 1. The molecule has 0 unspecified atom stereocenters. The highest BCUT2D eigenvalue weighted by Crippen LogP contribution is 2.41. The Morgan fingerprint density at radius 2 is 2.08 bits per heavy atom. The lowest BCUT2D eigenvalue weighted by Crippen LogP contribution is -2.31. The summed E-state index contributed by atoms with van der Waals surface area (Å²) >= 11 is 0. The van der Waals surface area contributed by atoms with Gasteiger partial charge in [0.1, 0.15) is 17.1 Å². The van der Waals surface area contributed by atoms with Crippen LogP contribution in [-0.4, -0.2) is 17.0 Å². The Hall–Kier alpha value is -2.03. The van der Waals surface area contributed by atoms with E-state index in [-0.39, 0.29) is 5.75 Å². The molecule has 1 aliphatic rings. The number of carbonyl (C=O) groups is 1. The van der Waals surface area contributed by atoms with E-state index in [2.05, 4.69) is 33.8 Å². The smallest absolute Gasteiger partial charge is 0.154 e. The van der Waals surface area contributed by atoms with Crippen LogP contribution in [0.5, 0.6) is 11.5 Å². The number of unbranched alkanes of at least 4 members (excludes halogenated alkanes) is 2. The van der Waals surface area contributed by atoms with Gasteiger partial charge >= 0.3 is 0 Å². The third-order valence-corrected chi connectivity index (χ3v) is 4.73. The molecule has 1 atom stereocenters. The number of phenols is 1. The molecule has 0 saturated carbocycles. The van der Waals surface area contributed by atoms with Gasteiger partial charge < -0.3 is 9.84 Å². The van der Waals surface area contributed by atoms with Crippen LogP contribution in [-0.2, 0) is 6.42 Å². The van der Waals surface area contributed by atoms with Crippen molar-refractivity contribution in [2.45, 2.75) is 71.8 Å². The van der Waals surface area contributed by atoms with Crippen LogP contribution in [0.15, 0.2) is 23.8 Å². The molecular formula is C22H30O3. The Kier molecular flexibility index (Phi) is 6.46. The Labute approximate surface area is 151 Å². The number of aldehydes is 1. The van der Waals surface area contributed by atoms with Gasteiger partial charge in [0.2, 0.25) is 0 Å². The second kappa shape index (κ2) is 8.37. The third kappa shape index (κ3) is 4.75. The van der Waals surface area contributed by atoms with E-state index in [1.54, 1.807) is 0 Å². The van der Waals surface area contributed by atoms with Crippen LogP contribution in [0.25, 0.3) is 6.08 Å². The first-order chi connectivity index (χ1) is 11.9. The average Bonchev–Trinajstić information content (AvgIpc) is 2.54. The maximum atomic E-state index is 11.5. The van der Waals surface area contributed by atoms with Gasteiger partial charge in [-0.15, -0.1) is 0 Å². The second-order valence-corrected chi connectivity index (χ2v) is 7.35.